The molecule has 0 fully saturated rings. The standard InChI is InChI=1S/C44H27N3S/c1-3-12-28(13-4-1)41-43-42(46-44(45-41)29-14-5-2-6-15-29)40-34(18-11-21-39(40)48-43)32-23-22-31-27-33(25-24-30(31)26-32)47-37-19-9-7-16-35(37)36-17-8-10-20-38(36)47/h1-27H. The van der Waals surface area contributed by atoms with Crippen LogP contribution < -0.4 is 0 Å². The molecule has 0 saturated carbocycles. The Hall–Kier alpha value is -6.10. The topological polar surface area (TPSA) is 30.7 Å². The van der Waals surface area contributed by atoms with Crippen molar-refractivity contribution in [2.45, 2.75) is 0 Å². The quantitative estimate of drug-likeness (QED) is 0.194. The van der Waals surface area contributed by atoms with Gasteiger partial charge in [0.2, 0.25) is 0 Å². The SMILES string of the molecule is c1ccc(-c2nc(-c3ccccc3)c3sc4cccc(-c5ccc6cc(-n7c8ccccc8c8ccccc87)ccc6c5)c4c3n2)cc1. The highest BCUT2D eigenvalue weighted by atomic mass is 32.1. The molecule has 3 heterocycles. The summed E-state index contributed by atoms with van der Waals surface area (Å²) in [6, 6.07) is 58.4. The molecule has 48 heavy (non-hydrogen) atoms. The molecule has 4 heteroatoms. The predicted molar refractivity (Wildman–Crippen MR) is 203 cm³/mol. The number of aromatic nitrogens is 3. The summed E-state index contributed by atoms with van der Waals surface area (Å²) < 4.78 is 4.70. The van der Waals surface area contributed by atoms with Crippen LogP contribution in [0.2, 0.25) is 0 Å². The number of rotatable bonds is 4. The predicted octanol–water partition coefficient (Wildman–Crippen LogP) is 12.1. The van der Waals surface area contributed by atoms with Crippen molar-refractivity contribution in [1.29, 1.82) is 0 Å². The van der Waals surface area contributed by atoms with Gasteiger partial charge < -0.3 is 4.57 Å². The van der Waals surface area contributed by atoms with E-state index in [2.05, 4.69) is 150 Å². The Kier molecular flexibility index (Phi) is 6.05. The van der Waals surface area contributed by atoms with Crippen molar-refractivity contribution in [2.75, 3.05) is 0 Å². The van der Waals surface area contributed by atoms with Crippen LogP contribution in [-0.4, -0.2) is 14.5 Å². The second kappa shape index (κ2) is 10.7. The molecule has 0 N–H and O–H groups in total. The third-order valence-electron chi connectivity index (χ3n) is 9.39. The van der Waals surface area contributed by atoms with Crippen molar-refractivity contribution in [3.05, 3.63) is 164 Å². The van der Waals surface area contributed by atoms with E-state index in [1.54, 1.807) is 11.3 Å². The maximum atomic E-state index is 5.25. The first kappa shape index (κ1) is 27.1. The molecule has 3 nitrogen and oxygen atoms in total. The van der Waals surface area contributed by atoms with Crippen molar-refractivity contribution in [1.82, 2.24) is 14.5 Å². The summed E-state index contributed by atoms with van der Waals surface area (Å²) in [5, 5.41) is 6.14. The number of benzene rings is 7. The first-order valence-electron chi connectivity index (χ1n) is 16.2. The van der Waals surface area contributed by atoms with Crippen LogP contribution in [0.3, 0.4) is 0 Å². The smallest absolute Gasteiger partial charge is 0.160 e. The van der Waals surface area contributed by atoms with E-state index in [0.717, 1.165) is 38.5 Å². The number of hydrogen-bond acceptors (Lipinski definition) is 3. The largest absolute Gasteiger partial charge is 0.309 e. The minimum Gasteiger partial charge on any atom is -0.309 e. The maximum Gasteiger partial charge on any atom is 0.160 e. The minimum absolute atomic E-state index is 0.743. The Bertz CT molecular complexity index is 2780. The highest BCUT2D eigenvalue weighted by molar-refractivity contribution is 7.26. The lowest BCUT2D eigenvalue weighted by Crippen LogP contribution is -1.94. The number of nitrogens with zero attached hydrogens (tertiary/aromatic N) is 3. The molecule has 0 unspecified atom stereocenters. The molecule has 7 aromatic carbocycles. The highest BCUT2D eigenvalue weighted by Gasteiger charge is 2.19. The van der Waals surface area contributed by atoms with Crippen LogP contribution in [0.1, 0.15) is 0 Å². The fourth-order valence-corrected chi connectivity index (χ4v) is 8.36. The highest BCUT2D eigenvalue weighted by Crippen LogP contribution is 2.44. The molecule has 10 rings (SSSR count). The lowest BCUT2D eigenvalue weighted by Gasteiger charge is -2.11. The molecule has 0 aliphatic carbocycles. The van der Waals surface area contributed by atoms with Gasteiger partial charge in [-0.15, -0.1) is 11.3 Å². The summed E-state index contributed by atoms with van der Waals surface area (Å²) in [7, 11) is 0. The average molecular weight is 630 g/mol. The number of para-hydroxylation sites is 2. The van der Waals surface area contributed by atoms with Gasteiger partial charge >= 0.3 is 0 Å². The second-order valence-corrected chi connectivity index (χ2v) is 13.3. The maximum absolute atomic E-state index is 5.25. The van der Waals surface area contributed by atoms with E-state index in [1.807, 2.05) is 18.2 Å². The van der Waals surface area contributed by atoms with Gasteiger partial charge in [-0.05, 0) is 58.3 Å². The van der Waals surface area contributed by atoms with Crippen LogP contribution in [0.5, 0.6) is 0 Å². The van der Waals surface area contributed by atoms with Crippen molar-refractivity contribution >= 4 is 64.2 Å². The number of hydrogen-bond donors (Lipinski definition) is 0. The molecular weight excluding hydrogens is 603 g/mol. The van der Waals surface area contributed by atoms with Gasteiger partial charge in [-0.2, -0.15) is 0 Å². The van der Waals surface area contributed by atoms with Gasteiger partial charge in [0.25, 0.3) is 0 Å². The zero-order chi connectivity index (χ0) is 31.6. The zero-order valence-corrected chi connectivity index (χ0v) is 26.7. The molecule has 0 atom stereocenters. The van der Waals surface area contributed by atoms with Crippen LogP contribution in [-0.2, 0) is 0 Å². The second-order valence-electron chi connectivity index (χ2n) is 12.2. The van der Waals surface area contributed by atoms with Crippen LogP contribution in [0.15, 0.2) is 164 Å². The monoisotopic (exact) mass is 629 g/mol. The molecule has 224 valence electrons. The van der Waals surface area contributed by atoms with Gasteiger partial charge in [-0.25, -0.2) is 9.97 Å². The molecule has 3 aromatic heterocycles. The minimum atomic E-state index is 0.743. The summed E-state index contributed by atoms with van der Waals surface area (Å²) in [4.78, 5) is 10.4. The van der Waals surface area contributed by atoms with E-state index < -0.39 is 0 Å². The first-order valence-corrected chi connectivity index (χ1v) is 17.0. The summed E-state index contributed by atoms with van der Waals surface area (Å²) >= 11 is 1.77. The van der Waals surface area contributed by atoms with Gasteiger partial charge in [0.1, 0.15) is 0 Å². The van der Waals surface area contributed by atoms with Crippen molar-refractivity contribution in [3.63, 3.8) is 0 Å². The van der Waals surface area contributed by atoms with Crippen LogP contribution in [0, 0.1) is 0 Å². The van der Waals surface area contributed by atoms with Crippen LogP contribution >= 0.6 is 11.3 Å². The fraction of sp³-hybridized carbons (Fsp3) is 0. The molecular formula is C44H27N3S. The van der Waals surface area contributed by atoms with E-state index in [1.165, 1.54) is 53.8 Å². The van der Waals surface area contributed by atoms with Crippen molar-refractivity contribution < 1.29 is 0 Å². The summed E-state index contributed by atoms with van der Waals surface area (Å²) in [6.07, 6.45) is 0. The molecule has 0 amide bonds. The van der Waals surface area contributed by atoms with E-state index >= 15 is 0 Å². The third kappa shape index (κ3) is 4.20. The Labute approximate surface area is 281 Å². The van der Waals surface area contributed by atoms with Crippen LogP contribution in [0.4, 0.5) is 0 Å². The number of thiophene rings is 1. The Balaban J connectivity index is 1.16. The number of fused-ring (bicyclic) bond motifs is 7. The van der Waals surface area contributed by atoms with Crippen molar-refractivity contribution in [3.8, 4) is 39.5 Å². The van der Waals surface area contributed by atoms with Crippen molar-refractivity contribution in [2.24, 2.45) is 0 Å². The summed E-state index contributed by atoms with van der Waals surface area (Å²) in [5.41, 5.74) is 10.1. The molecule has 0 aliphatic rings. The fourth-order valence-electron chi connectivity index (χ4n) is 7.18. The van der Waals surface area contributed by atoms with E-state index in [-0.39, 0.29) is 0 Å². The van der Waals surface area contributed by atoms with Gasteiger partial charge in [-0.3, -0.25) is 0 Å². The molecule has 0 bridgehead atoms. The third-order valence-corrected chi connectivity index (χ3v) is 10.5. The lowest BCUT2D eigenvalue weighted by atomic mass is 9.97. The molecule has 0 spiro atoms. The van der Waals surface area contributed by atoms with E-state index in [9.17, 15) is 0 Å². The molecule has 0 saturated heterocycles. The summed E-state index contributed by atoms with van der Waals surface area (Å²) in [5.74, 6) is 0.743. The first-order chi connectivity index (χ1) is 23.8. The average Bonchev–Trinajstić information content (AvgIpc) is 3.71. The normalized spacial score (nSPS) is 11.8. The Morgan fingerprint density at radius 2 is 1.12 bits per heavy atom. The summed E-state index contributed by atoms with van der Waals surface area (Å²) in [6.45, 7) is 0. The zero-order valence-electron chi connectivity index (χ0n) is 25.8. The molecule has 0 radical (unpaired) electrons. The lowest BCUT2D eigenvalue weighted by molar-refractivity contribution is 1.19. The molecule has 10 aromatic rings. The van der Waals surface area contributed by atoms with Gasteiger partial charge in [0.05, 0.1) is 26.9 Å². The Morgan fingerprint density at radius 3 is 1.88 bits per heavy atom. The Morgan fingerprint density at radius 1 is 0.479 bits per heavy atom. The van der Waals surface area contributed by atoms with E-state index in [0.29, 0.717) is 0 Å². The van der Waals surface area contributed by atoms with Gasteiger partial charge in [0.15, 0.2) is 5.82 Å². The van der Waals surface area contributed by atoms with Gasteiger partial charge in [0, 0.05) is 37.7 Å². The van der Waals surface area contributed by atoms with E-state index in [4.69, 9.17) is 9.97 Å². The van der Waals surface area contributed by atoms with Crippen LogP contribution in [0.25, 0.3) is 92.3 Å². The molecule has 0 aliphatic heterocycles. The van der Waals surface area contributed by atoms with Gasteiger partial charge in [-0.1, -0.05) is 127 Å².